The number of benzene rings is 2. The Hall–Kier alpha value is -1.26. The van der Waals surface area contributed by atoms with E-state index < -0.39 is 0 Å². The summed E-state index contributed by atoms with van der Waals surface area (Å²) in [6.45, 7) is 1.01. The van der Waals surface area contributed by atoms with Gasteiger partial charge >= 0.3 is 0 Å². The van der Waals surface area contributed by atoms with Crippen molar-refractivity contribution in [3.63, 3.8) is 0 Å². The van der Waals surface area contributed by atoms with Gasteiger partial charge in [0, 0.05) is 16.8 Å². The normalized spacial score (nSPS) is 15.3. The van der Waals surface area contributed by atoms with Crippen molar-refractivity contribution in [2.24, 2.45) is 0 Å². The first kappa shape index (κ1) is 24.0. The van der Waals surface area contributed by atoms with Crippen LogP contribution in [0.2, 0.25) is 10.0 Å². The molecule has 1 N–H and O–H groups in total. The van der Waals surface area contributed by atoms with E-state index in [1.165, 1.54) is 44.1 Å². The standard InChI is InChI=1S/C23H28Cl2N2O.ClH/c1-27(2,20-7-5-3-4-6-8-20)16-17-9-12-19(13-10-17)26-23(28)18-11-14-21(24)22(25)15-18;/h9-15,20H,3-8,16H2,1-2H3;1H. The summed E-state index contributed by atoms with van der Waals surface area (Å²) in [5, 5.41) is 3.74. The van der Waals surface area contributed by atoms with Crippen molar-refractivity contribution in [2.45, 2.75) is 51.1 Å². The predicted octanol–water partition coefficient (Wildman–Crippen LogP) is 3.55. The molecule has 3 nitrogen and oxygen atoms in total. The summed E-state index contributed by atoms with van der Waals surface area (Å²) >= 11 is 11.9. The summed E-state index contributed by atoms with van der Waals surface area (Å²) < 4.78 is 1.02. The largest absolute Gasteiger partial charge is 1.00 e. The highest BCUT2D eigenvalue weighted by Crippen LogP contribution is 2.27. The Labute approximate surface area is 190 Å². The minimum Gasteiger partial charge on any atom is -1.00 e. The lowest BCUT2D eigenvalue weighted by Crippen LogP contribution is -3.00. The van der Waals surface area contributed by atoms with Gasteiger partial charge in [-0.2, -0.15) is 0 Å². The highest BCUT2D eigenvalue weighted by Gasteiger charge is 2.28. The van der Waals surface area contributed by atoms with Gasteiger partial charge in [0.05, 0.1) is 30.2 Å². The van der Waals surface area contributed by atoms with E-state index in [4.69, 9.17) is 23.2 Å². The number of amides is 1. The average molecular weight is 456 g/mol. The second-order valence-corrected chi connectivity index (χ2v) is 9.18. The lowest BCUT2D eigenvalue weighted by atomic mass is 10.0. The Morgan fingerprint density at radius 2 is 1.59 bits per heavy atom. The molecule has 1 saturated carbocycles. The van der Waals surface area contributed by atoms with Crippen LogP contribution in [0, 0.1) is 0 Å². The van der Waals surface area contributed by atoms with Crippen LogP contribution >= 0.6 is 23.2 Å². The van der Waals surface area contributed by atoms with Gasteiger partial charge in [-0.1, -0.05) is 48.2 Å². The van der Waals surface area contributed by atoms with Crippen LogP contribution in [0.15, 0.2) is 42.5 Å². The van der Waals surface area contributed by atoms with Crippen molar-refractivity contribution in [2.75, 3.05) is 19.4 Å². The van der Waals surface area contributed by atoms with Gasteiger partial charge in [0.25, 0.3) is 5.91 Å². The van der Waals surface area contributed by atoms with Crippen LogP contribution in [-0.2, 0) is 6.54 Å². The highest BCUT2D eigenvalue weighted by atomic mass is 35.5. The molecule has 0 unspecified atom stereocenters. The molecular formula is C23H29Cl3N2O. The van der Waals surface area contributed by atoms with Crippen LogP contribution in [0.3, 0.4) is 0 Å². The molecule has 1 aliphatic rings. The molecule has 3 rings (SSSR count). The molecule has 0 radical (unpaired) electrons. The molecule has 6 heteroatoms. The fourth-order valence-electron chi connectivity index (χ4n) is 4.09. The summed E-state index contributed by atoms with van der Waals surface area (Å²) in [6, 6.07) is 13.8. The number of carbonyl (C=O) groups is 1. The molecule has 0 aromatic heterocycles. The SMILES string of the molecule is C[N+](C)(Cc1ccc(NC(=O)c2ccc(Cl)c(Cl)c2)cc1)C1CCCCCC1.[Cl-]. The van der Waals surface area contributed by atoms with Crippen molar-refractivity contribution in [1.29, 1.82) is 0 Å². The molecule has 1 fully saturated rings. The maximum atomic E-state index is 12.4. The van der Waals surface area contributed by atoms with Gasteiger partial charge in [-0.3, -0.25) is 4.79 Å². The molecule has 158 valence electrons. The number of halogens is 3. The zero-order valence-electron chi connectivity index (χ0n) is 17.1. The molecule has 2 aromatic rings. The Bertz CT molecular complexity index is 813. The molecule has 0 atom stereocenters. The zero-order valence-corrected chi connectivity index (χ0v) is 19.3. The number of rotatable bonds is 5. The Kier molecular flexibility index (Phi) is 8.84. The van der Waals surface area contributed by atoms with Crippen molar-refractivity contribution < 1.29 is 21.7 Å². The fourth-order valence-corrected chi connectivity index (χ4v) is 4.39. The van der Waals surface area contributed by atoms with Crippen molar-refractivity contribution in [3.8, 4) is 0 Å². The third kappa shape index (κ3) is 6.62. The van der Waals surface area contributed by atoms with Crippen molar-refractivity contribution >= 4 is 34.8 Å². The number of carbonyl (C=O) groups excluding carboxylic acids is 1. The van der Waals surface area contributed by atoms with E-state index >= 15 is 0 Å². The van der Waals surface area contributed by atoms with Crippen molar-refractivity contribution in [3.05, 3.63) is 63.6 Å². The topological polar surface area (TPSA) is 29.1 Å². The highest BCUT2D eigenvalue weighted by molar-refractivity contribution is 6.42. The molecular weight excluding hydrogens is 427 g/mol. The lowest BCUT2D eigenvalue weighted by molar-refractivity contribution is -0.928. The van der Waals surface area contributed by atoms with Gasteiger partial charge in [0.1, 0.15) is 6.54 Å². The zero-order chi connectivity index (χ0) is 20.1. The first-order chi connectivity index (χ1) is 13.3. The van der Waals surface area contributed by atoms with E-state index in [9.17, 15) is 4.79 Å². The molecule has 29 heavy (non-hydrogen) atoms. The third-order valence-electron chi connectivity index (χ3n) is 5.80. The van der Waals surface area contributed by atoms with E-state index in [1.54, 1.807) is 18.2 Å². The van der Waals surface area contributed by atoms with Gasteiger partial charge in [0.2, 0.25) is 0 Å². The molecule has 1 amide bonds. The molecule has 0 aliphatic heterocycles. The minimum absolute atomic E-state index is 0. The molecule has 0 saturated heterocycles. The first-order valence-corrected chi connectivity index (χ1v) is 10.8. The van der Waals surface area contributed by atoms with E-state index in [2.05, 4.69) is 31.5 Å². The summed E-state index contributed by atoms with van der Waals surface area (Å²) in [7, 11) is 4.69. The first-order valence-electron chi connectivity index (χ1n) is 10.0. The maximum Gasteiger partial charge on any atom is 0.255 e. The van der Waals surface area contributed by atoms with E-state index in [0.29, 0.717) is 15.6 Å². The summed E-state index contributed by atoms with van der Waals surface area (Å²) in [4.78, 5) is 12.4. The Morgan fingerprint density at radius 1 is 0.966 bits per heavy atom. The fraction of sp³-hybridized carbons (Fsp3) is 0.435. The van der Waals surface area contributed by atoms with E-state index in [0.717, 1.165) is 22.8 Å². The number of anilines is 1. The minimum atomic E-state index is -0.194. The monoisotopic (exact) mass is 454 g/mol. The smallest absolute Gasteiger partial charge is 0.255 e. The Balaban J connectivity index is 0.00000300. The Morgan fingerprint density at radius 3 is 2.17 bits per heavy atom. The van der Waals surface area contributed by atoms with Gasteiger partial charge in [-0.25, -0.2) is 0 Å². The number of hydrogen-bond donors (Lipinski definition) is 1. The van der Waals surface area contributed by atoms with Gasteiger partial charge in [-0.05, 0) is 56.0 Å². The van der Waals surface area contributed by atoms with Gasteiger partial charge in [-0.15, -0.1) is 0 Å². The summed E-state index contributed by atoms with van der Waals surface area (Å²) in [5.74, 6) is -0.194. The van der Waals surface area contributed by atoms with Crippen LogP contribution in [0.1, 0.15) is 54.4 Å². The number of quaternary nitrogens is 1. The molecule has 0 heterocycles. The van der Waals surface area contributed by atoms with E-state index in [1.807, 2.05) is 12.1 Å². The quantitative estimate of drug-likeness (QED) is 0.542. The van der Waals surface area contributed by atoms with E-state index in [-0.39, 0.29) is 18.3 Å². The number of nitrogens with one attached hydrogen (secondary N) is 1. The maximum absolute atomic E-state index is 12.4. The summed E-state index contributed by atoms with van der Waals surface area (Å²) in [5.41, 5.74) is 2.56. The van der Waals surface area contributed by atoms with Gasteiger partial charge < -0.3 is 22.2 Å². The number of nitrogens with zero attached hydrogens (tertiary/aromatic N) is 1. The second kappa shape index (κ2) is 10.7. The molecule has 2 aromatic carbocycles. The molecule has 0 bridgehead atoms. The van der Waals surface area contributed by atoms with Crippen LogP contribution in [0.5, 0.6) is 0 Å². The van der Waals surface area contributed by atoms with Gasteiger partial charge in [0.15, 0.2) is 0 Å². The predicted molar refractivity (Wildman–Crippen MR) is 118 cm³/mol. The second-order valence-electron chi connectivity index (χ2n) is 8.36. The van der Waals surface area contributed by atoms with Crippen LogP contribution in [0.4, 0.5) is 5.69 Å². The number of hydrogen-bond acceptors (Lipinski definition) is 1. The third-order valence-corrected chi connectivity index (χ3v) is 6.54. The lowest BCUT2D eigenvalue weighted by Gasteiger charge is -2.38. The molecule has 1 aliphatic carbocycles. The van der Waals surface area contributed by atoms with Crippen LogP contribution in [-0.4, -0.2) is 30.5 Å². The van der Waals surface area contributed by atoms with Crippen molar-refractivity contribution in [1.82, 2.24) is 0 Å². The average Bonchev–Trinajstić information content (AvgIpc) is 2.95. The van der Waals surface area contributed by atoms with Crippen LogP contribution < -0.4 is 17.7 Å². The van der Waals surface area contributed by atoms with Crippen LogP contribution in [0.25, 0.3) is 0 Å². The summed E-state index contributed by atoms with van der Waals surface area (Å²) in [6.07, 6.45) is 8.11. The molecule has 0 spiro atoms.